The van der Waals surface area contributed by atoms with Gasteiger partial charge in [-0.3, -0.25) is 19.4 Å². The minimum absolute atomic E-state index is 0.0165. The van der Waals surface area contributed by atoms with Gasteiger partial charge in [0, 0.05) is 56.6 Å². The van der Waals surface area contributed by atoms with Gasteiger partial charge in [-0.1, -0.05) is 18.2 Å². The summed E-state index contributed by atoms with van der Waals surface area (Å²) in [6.45, 7) is 5.53. The predicted molar refractivity (Wildman–Crippen MR) is 109 cm³/mol. The second-order valence-electron chi connectivity index (χ2n) is 7.59. The van der Waals surface area contributed by atoms with Crippen molar-refractivity contribution in [2.45, 2.75) is 26.3 Å². The summed E-state index contributed by atoms with van der Waals surface area (Å²) in [6.07, 6.45) is 2.33. The Balaban J connectivity index is 1.53. The van der Waals surface area contributed by atoms with Crippen LogP contribution in [-0.4, -0.2) is 64.7 Å². The molecule has 7 nitrogen and oxygen atoms in total. The molecule has 1 unspecified atom stereocenters. The topological polar surface area (TPSA) is 73.8 Å². The molecule has 0 aliphatic carbocycles. The van der Waals surface area contributed by atoms with Crippen LogP contribution in [0.4, 0.5) is 5.69 Å². The normalized spacial score (nSPS) is 18.6. The second-order valence-corrected chi connectivity index (χ2v) is 7.59. The van der Waals surface area contributed by atoms with Gasteiger partial charge in [0.2, 0.25) is 5.91 Å². The predicted octanol–water partition coefficient (Wildman–Crippen LogP) is 1.98. The highest BCUT2D eigenvalue weighted by Gasteiger charge is 2.32. The van der Waals surface area contributed by atoms with Crippen LogP contribution in [0, 0.1) is 0 Å². The number of fused-ring (bicyclic) bond motifs is 1. The van der Waals surface area contributed by atoms with Crippen molar-refractivity contribution in [1.82, 2.24) is 14.8 Å². The number of pyridine rings is 1. The van der Waals surface area contributed by atoms with Gasteiger partial charge in [-0.15, -0.1) is 0 Å². The summed E-state index contributed by atoms with van der Waals surface area (Å²) in [7, 11) is 0. The number of nitrogens with zero attached hydrogens (tertiary/aromatic N) is 4. The quantitative estimate of drug-likeness (QED) is 0.783. The summed E-state index contributed by atoms with van der Waals surface area (Å²) in [6, 6.07) is 11.2. The van der Waals surface area contributed by atoms with E-state index in [9.17, 15) is 14.4 Å². The molecule has 2 aliphatic heterocycles. The summed E-state index contributed by atoms with van der Waals surface area (Å²) in [5.41, 5.74) is 2.79. The van der Waals surface area contributed by atoms with Gasteiger partial charge in [0.05, 0.1) is 0 Å². The third-order valence-electron chi connectivity index (χ3n) is 5.66. The van der Waals surface area contributed by atoms with Crippen LogP contribution in [0.3, 0.4) is 0 Å². The Morgan fingerprint density at radius 2 is 1.66 bits per heavy atom. The van der Waals surface area contributed by atoms with Gasteiger partial charge in [0.15, 0.2) is 0 Å². The van der Waals surface area contributed by atoms with Gasteiger partial charge < -0.3 is 14.7 Å². The maximum absolute atomic E-state index is 13.2. The van der Waals surface area contributed by atoms with E-state index in [0.29, 0.717) is 31.7 Å². The zero-order chi connectivity index (χ0) is 20.5. The largest absolute Gasteiger partial charge is 0.339 e. The lowest BCUT2D eigenvalue weighted by atomic mass is 10.1. The Kier molecular flexibility index (Phi) is 5.05. The minimum Gasteiger partial charge on any atom is -0.339 e. The number of para-hydroxylation sites is 1. The first-order valence-corrected chi connectivity index (χ1v) is 9.88. The monoisotopic (exact) mass is 392 g/mol. The van der Waals surface area contributed by atoms with Crippen LogP contribution in [0.2, 0.25) is 0 Å². The molecule has 1 fully saturated rings. The number of hydrogen-bond donors (Lipinski definition) is 0. The molecular formula is C22H24N4O3. The van der Waals surface area contributed by atoms with E-state index in [0.717, 1.165) is 17.7 Å². The van der Waals surface area contributed by atoms with E-state index in [-0.39, 0.29) is 29.5 Å². The molecule has 0 bridgehead atoms. The Labute approximate surface area is 169 Å². The van der Waals surface area contributed by atoms with E-state index < -0.39 is 0 Å². The highest BCUT2D eigenvalue weighted by Crippen LogP contribution is 2.33. The molecule has 0 radical (unpaired) electrons. The zero-order valence-corrected chi connectivity index (χ0v) is 16.7. The van der Waals surface area contributed by atoms with E-state index in [1.807, 2.05) is 31.2 Å². The molecule has 1 saturated heterocycles. The fraction of sp³-hybridized carbons (Fsp3) is 0.364. The number of aromatic nitrogens is 1. The number of carbonyl (C=O) groups excluding carboxylic acids is 3. The molecule has 1 aromatic heterocycles. The van der Waals surface area contributed by atoms with Crippen LogP contribution >= 0.6 is 0 Å². The molecule has 150 valence electrons. The van der Waals surface area contributed by atoms with Crippen molar-refractivity contribution in [2.24, 2.45) is 0 Å². The summed E-state index contributed by atoms with van der Waals surface area (Å²) in [4.78, 5) is 47.0. The maximum Gasteiger partial charge on any atom is 0.272 e. The van der Waals surface area contributed by atoms with E-state index in [1.165, 1.54) is 13.1 Å². The fourth-order valence-electron chi connectivity index (χ4n) is 4.08. The van der Waals surface area contributed by atoms with E-state index >= 15 is 0 Å². The Morgan fingerprint density at radius 3 is 2.38 bits per heavy atom. The lowest BCUT2D eigenvalue weighted by Gasteiger charge is -2.34. The molecule has 1 aromatic carbocycles. The van der Waals surface area contributed by atoms with Crippen LogP contribution in [0.1, 0.15) is 40.3 Å². The first-order valence-electron chi connectivity index (χ1n) is 9.88. The van der Waals surface area contributed by atoms with Gasteiger partial charge in [0.25, 0.3) is 11.8 Å². The van der Waals surface area contributed by atoms with Crippen molar-refractivity contribution in [2.75, 3.05) is 31.1 Å². The number of rotatable bonds is 2. The lowest BCUT2D eigenvalue weighted by Crippen LogP contribution is -2.50. The fourth-order valence-corrected chi connectivity index (χ4v) is 4.08. The molecule has 2 aromatic rings. The lowest BCUT2D eigenvalue weighted by molar-refractivity contribution is -0.130. The van der Waals surface area contributed by atoms with Crippen LogP contribution in [0.15, 0.2) is 42.6 Å². The van der Waals surface area contributed by atoms with Crippen molar-refractivity contribution in [3.63, 3.8) is 0 Å². The number of benzene rings is 1. The second kappa shape index (κ2) is 7.66. The van der Waals surface area contributed by atoms with Crippen molar-refractivity contribution < 1.29 is 14.4 Å². The molecule has 0 saturated carbocycles. The molecule has 7 heteroatoms. The molecule has 29 heavy (non-hydrogen) atoms. The first kappa shape index (κ1) is 19.1. The standard InChI is InChI=1S/C22H24N4O3/c1-15-13-17-5-3-4-6-20(17)26(15)21(28)18-7-8-23-19(14-18)22(29)25-11-9-24(10-12-25)16(2)27/h3-8,14-15H,9-13H2,1-2H3. The summed E-state index contributed by atoms with van der Waals surface area (Å²) < 4.78 is 0. The molecule has 0 N–H and O–H groups in total. The molecule has 3 amide bonds. The van der Waals surface area contributed by atoms with Gasteiger partial charge in [-0.25, -0.2) is 0 Å². The number of carbonyl (C=O) groups is 3. The van der Waals surface area contributed by atoms with Crippen molar-refractivity contribution in [3.8, 4) is 0 Å². The van der Waals surface area contributed by atoms with Gasteiger partial charge in [0.1, 0.15) is 5.69 Å². The summed E-state index contributed by atoms with van der Waals surface area (Å²) >= 11 is 0. The van der Waals surface area contributed by atoms with E-state index in [2.05, 4.69) is 4.98 Å². The average Bonchev–Trinajstić information content (AvgIpc) is 3.08. The van der Waals surface area contributed by atoms with Crippen LogP contribution in [-0.2, 0) is 11.2 Å². The third kappa shape index (κ3) is 3.60. The number of amides is 3. The summed E-state index contributed by atoms with van der Waals surface area (Å²) in [5.74, 6) is -0.319. The number of hydrogen-bond acceptors (Lipinski definition) is 4. The molecule has 4 rings (SSSR count). The highest BCUT2D eigenvalue weighted by molar-refractivity contribution is 6.08. The maximum atomic E-state index is 13.2. The highest BCUT2D eigenvalue weighted by atomic mass is 16.2. The Bertz CT molecular complexity index is 966. The third-order valence-corrected chi connectivity index (χ3v) is 5.66. The molecular weight excluding hydrogens is 368 g/mol. The van der Waals surface area contributed by atoms with Crippen molar-refractivity contribution in [1.29, 1.82) is 0 Å². The Morgan fingerprint density at radius 1 is 0.966 bits per heavy atom. The van der Waals surface area contributed by atoms with E-state index in [1.54, 1.807) is 26.8 Å². The molecule has 2 aliphatic rings. The van der Waals surface area contributed by atoms with Gasteiger partial charge in [-0.2, -0.15) is 0 Å². The number of anilines is 1. The number of piperazine rings is 1. The van der Waals surface area contributed by atoms with Crippen molar-refractivity contribution >= 4 is 23.4 Å². The van der Waals surface area contributed by atoms with Crippen LogP contribution in [0.25, 0.3) is 0 Å². The van der Waals surface area contributed by atoms with Crippen molar-refractivity contribution in [3.05, 3.63) is 59.4 Å². The van der Waals surface area contributed by atoms with Gasteiger partial charge >= 0.3 is 0 Å². The Hall–Kier alpha value is -3.22. The van der Waals surface area contributed by atoms with Crippen LogP contribution < -0.4 is 4.90 Å². The zero-order valence-electron chi connectivity index (χ0n) is 16.7. The van der Waals surface area contributed by atoms with E-state index in [4.69, 9.17) is 0 Å². The molecule has 1 atom stereocenters. The minimum atomic E-state index is -0.210. The smallest absolute Gasteiger partial charge is 0.272 e. The summed E-state index contributed by atoms with van der Waals surface area (Å²) in [5, 5.41) is 0. The van der Waals surface area contributed by atoms with Crippen LogP contribution in [0.5, 0.6) is 0 Å². The molecule has 3 heterocycles. The first-order chi connectivity index (χ1) is 14.0. The average molecular weight is 392 g/mol. The SMILES string of the molecule is CC(=O)N1CCN(C(=O)c2cc(C(=O)N3c4ccccc4CC3C)ccn2)CC1. The van der Waals surface area contributed by atoms with Gasteiger partial charge in [-0.05, 0) is 37.1 Å². The molecule has 0 spiro atoms.